The van der Waals surface area contributed by atoms with Crippen LogP contribution in [0.1, 0.15) is 47.8 Å². The summed E-state index contributed by atoms with van der Waals surface area (Å²) in [6.07, 6.45) is 0.523. The van der Waals surface area contributed by atoms with E-state index >= 15 is 0 Å². The van der Waals surface area contributed by atoms with Gasteiger partial charge in [0.1, 0.15) is 0 Å². The van der Waals surface area contributed by atoms with Crippen LogP contribution in [0.4, 0.5) is 0 Å². The summed E-state index contributed by atoms with van der Waals surface area (Å²) >= 11 is 0. The van der Waals surface area contributed by atoms with E-state index in [1.807, 2.05) is 30.3 Å². The predicted molar refractivity (Wildman–Crippen MR) is 92.2 cm³/mol. The zero-order valence-corrected chi connectivity index (χ0v) is 13.8. The minimum Gasteiger partial charge on any atom is -0.296 e. The third kappa shape index (κ3) is 4.05. The number of carbonyl (C=O) groups excluding carboxylic acids is 1. The van der Waals surface area contributed by atoms with Crippen molar-refractivity contribution in [2.75, 3.05) is 13.1 Å². The van der Waals surface area contributed by atoms with Crippen molar-refractivity contribution >= 4 is 5.78 Å². The molecule has 0 spiro atoms. The zero-order chi connectivity index (χ0) is 15.9. The Hall–Kier alpha value is -1.93. The van der Waals surface area contributed by atoms with Crippen LogP contribution in [0.3, 0.4) is 0 Å². The standard InChI is InChI=1S/C20H25NO/c1-4-21(5-2)19(17-13-11-16(3)12-14-17)15-20(22)18-9-7-6-8-10-18/h6-14,19H,4-5,15H2,1-3H3. The molecule has 0 saturated carbocycles. The van der Waals surface area contributed by atoms with Gasteiger partial charge in [0, 0.05) is 18.0 Å². The second-order valence-electron chi connectivity index (χ2n) is 5.64. The molecule has 0 heterocycles. The van der Waals surface area contributed by atoms with Crippen molar-refractivity contribution in [3.05, 3.63) is 71.3 Å². The van der Waals surface area contributed by atoms with E-state index < -0.39 is 0 Å². The minimum absolute atomic E-state index is 0.142. The van der Waals surface area contributed by atoms with Gasteiger partial charge in [-0.15, -0.1) is 0 Å². The lowest BCUT2D eigenvalue weighted by Gasteiger charge is -2.29. The van der Waals surface area contributed by atoms with E-state index in [0.717, 1.165) is 18.7 Å². The predicted octanol–water partition coefficient (Wildman–Crippen LogP) is 4.65. The van der Waals surface area contributed by atoms with Crippen LogP contribution in [-0.4, -0.2) is 23.8 Å². The van der Waals surface area contributed by atoms with Crippen LogP contribution in [-0.2, 0) is 0 Å². The van der Waals surface area contributed by atoms with Gasteiger partial charge in [-0.25, -0.2) is 0 Å². The van der Waals surface area contributed by atoms with E-state index in [1.165, 1.54) is 11.1 Å². The van der Waals surface area contributed by atoms with Crippen LogP contribution >= 0.6 is 0 Å². The van der Waals surface area contributed by atoms with Crippen LogP contribution in [0.15, 0.2) is 54.6 Å². The molecule has 0 amide bonds. The van der Waals surface area contributed by atoms with E-state index in [1.54, 1.807) is 0 Å². The van der Waals surface area contributed by atoms with Crippen molar-refractivity contribution in [2.45, 2.75) is 33.2 Å². The highest BCUT2D eigenvalue weighted by Gasteiger charge is 2.21. The van der Waals surface area contributed by atoms with Gasteiger partial charge < -0.3 is 0 Å². The van der Waals surface area contributed by atoms with Gasteiger partial charge in [0.05, 0.1) is 0 Å². The van der Waals surface area contributed by atoms with E-state index in [-0.39, 0.29) is 11.8 Å². The normalized spacial score (nSPS) is 12.4. The topological polar surface area (TPSA) is 20.3 Å². The number of rotatable bonds is 7. The van der Waals surface area contributed by atoms with Gasteiger partial charge in [-0.1, -0.05) is 74.0 Å². The number of hydrogen-bond acceptors (Lipinski definition) is 2. The molecule has 0 bridgehead atoms. The molecule has 0 aromatic heterocycles. The Morgan fingerprint density at radius 1 is 0.955 bits per heavy atom. The molecule has 22 heavy (non-hydrogen) atoms. The number of Topliss-reactive ketones (excluding diaryl/α,β-unsaturated/α-hetero) is 1. The molecule has 0 saturated heterocycles. The monoisotopic (exact) mass is 295 g/mol. The first-order chi connectivity index (χ1) is 10.7. The highest BCUT2D eigenvalue weighted by atomic mass is 16.1. The van der Waals surface area contributed by atoms with Gasteiger partial charge in [-0.3, -0.25) is 9.69 Å². The molecule has 2 nitrogen and oxygen atoms in total. The van der Waals surface area contributed by atoms with Crippen molar-refractivity contribution in [1.29, 1.82) is 0 Å². The fraction of sp³-hybridized carbons (Fsp3) is 0.350. The molecule has 0 aliphatic carbocycles. The number of aryl methyl sites for hydroxylation is 1. The van der Waals surface area contributed by atoms with Gasteiger partial charge in [0.15, 0.2) is 5.78 Å². The molecule has 0 aliphatic rings. The molecule has 116 valence electrons. The van der Waals surface area contributed by atoms with E-state index in [0.29, 0.717) is 6.42 Å². The molecule has 2 aromatic rings. The Morgan fingerprint density at radius 3 is 2.09 bits per heavy atom. The van der Waals surface area contributed by atoms with E-state index in [9.17, 15) is 4.79 Å². The zero-order valence-electron chi connectivity index (χ0n) is 13.8. The Labute approximate surface area is 133 Å². The molecular formula is C20H25NO. The summed E-state index contributed by atoms with van der Waals surface area (Å²) in [5.74, 6) is 0.207. The van der Waals surface area contributed by atoms with Gasteiger partial charge in [0.25, 0.3) is 0 Å². The molecular weight excluding hydrogens is 270 g/mol. The average Bonchev–Trinajstić information content (AvgIpc) is 2.56. The summed E-state index contributed by atoms with van der Waals surface area (Å²) in [7, 11) is 0. The van der Waals surface area contributed by atoms with Gasteiger partial charge >= 0.3 is 0 Å². The first kappa shape index (κ1) is 16.4. The highest BCUT2D eigenvalue weighted by Crippen LogP contribution is 2.26. The first-order valence-electron chi connectivity index (χ1n) is 8.04. The Bertz CT molecular complexity index is 585. The molecule has 0 aliphatic heterocycles. The van der Waals surface area contributed by atoms with Crippen LogP contribution in [0.2, 0.25) is 0 Å². The molecule has 2 heteroatoms. The van der Waals surface area contributed by atoms with Crippen molar-refractivity contribution in [3.63, 3.8) is 0 Å². The number of carbonyl (C=O) groups is 1. The van der Waals surface area contributed by atoms with Crippen molar-refractivity contribution < 1.29 is 4.79 Å². The first-order valence-corrected chi connectivity index (χ1v) is 8.04. The SMILES string of the molecule is CCN(CC)C(CC(=O)c1ccccc1)c1ccc(C)cc1. The van der Waals surface area contributed by atoms with E-state index in [4.69, 9.17) is 0 Å². The lowest BCUT2D eigenvalue weighted by molar-refractivity contribution is 0.0924. The summed E-state index contributed by atoms with van der Waals surface area (Å²) in [5, 5.41) is 0. The second kappa shape index (κ2) is 7.90. The molecule has 0 fully saturated rings. The molecule has 1 atom stereocenters. The molecule has 0 N–H and O–H groups in total. The summed E-state index contributed by atoms with van der Waals surface area (Å²) in [5.41, 5.74) is 3.27. The second-order valence-corrected chi connectivity index (χ2v) is 5.64. The number of nitrogens with zero attached hydrogens (tertiary/aromatic N) is 1. The molecule has 0 radical (unpaired) electrons. The van der Waals surface area contributed by atoms with Crippen molar-refractivity contribution in [1.82, 2.24) is 4.90 Å². The summed E-state index contributed by atoms with van der Waals surface area (Å²) in [6, 6.07) is 18.3. The summed E-state index contributed by atoms with van der Waals surface area (Å²) in [4.78, 5) is 15.0. The fourth-order valence-corrected chi connectivity index (χ4v) is 2.83. The third-order valence-corrected chi connectivity index (χ3v) is 4.19. The third-order valence-electron chi connectivity index (χ3n) is 4.19. The van der Waals surface area contributed by atoms with Crippen LogP contribution < -0.4 is 0 Å². The van der Waals surface area contributed by atoms with Crippen LogP contribution in [0, 0.1) is 6.92 Å². The molecule has 1 unspecified atom stereocenters. The lowest BCUT2D eigenvalue weighted by Crippen LogP contribution is -2.30. The fourth-order valence-electron chi connectivity index (χ4n) is 2.83. The smallest absolute Gasteiger partial charge is 0.164 e. The largest absolute Gasteiger partial charge is 0.296 e. The maximum absolute atomic E-state index is 12.6. The quantitative estimate of drug-likeness (QED) is 0.693. The lowest BCUT2D eigenvalue weighted by atomic mass is 9.96. The maximum atomic E-state index is 12.6. The van der Waals surface area contributed by atoms with Gasteiger partial charge in [-0.2, -0.15) is 0 Å². The summed E-state index contributed by atoms with van der Waals surface area (Å²) < 4.78 is 0. The number of ketones is 1. The Morgan fingerprint density at radius 2 is 1.55 bits per heavy atom. The minimum atomic E-state index is 0.142. The Balaban J connectivity index is 2.25. The van der Waals surface area contributed by atoms with Gasteiger partial charge in [-0.05, 0) is 25.6 Å². The summed E-state index contributed by atoms with van der Waals surface area (Å²) in [6.45, 7) is 8.27. The number of benzene rings is 2. The van der Waals surface area contributed by atoms with Crippen molar-refractivity contribution in [2.24, 2.45) is 0 Å². The molecule has 2 rings (SSSR count). The molecule has 2 aromatic carbocycles. The van der Waals surface area contributed by atoms with Crippen LogP contribution in [0.5, 0.6) is 0 Å². The maximum Gasteiger partial charge on any atom is 0.164 e. The number of hydrogen-bond donors (Lipinski definition) is 0. The average molecular weight is 295 g/mol. The highest BCUT2D eigenvalue weighted by molar-refractivity contribution is 5.96. The van der Waals surface area contributed by atoms with E-state index in [2.05, 4.69) is 49.9 Å². The van der Waals surface area contributed by atoms with Crippen LogP contribution in [0.25, 0.3) is 0 Å². The van der Waals surface area contributed by atoms with Gasteiger partial charge in [0.2, 0.25) is 0 Å². The Kier molecular flexibility index (Phi) is 5.91. The van der Waals surface area contributed by atoms with Crippen molar-refractivity contribution in [3.8, 4) is 0 Å².